The topological polar surface area (TPSA) is 39.2 Å². The minimum Gasteiger partial charge on any atom is -0.463 e. The Morgan fingerprint density at radius 3 is 3.06 bits per heavy atom. The molecule has 86 valence electrons. The Kier molecular flexibility index (Phi) is 5.55. The molecule has 1 rings (SSSR count). The van der Waals surface area contributed by atoms with Gasteiger partial charge < -0.3 is 4.74 Å². The van der Waals surface area contributed by atoms with E-state index in [1.807, 2.05) is 12.1 Å². The molecule has 0 radical (unpaired) electrons. The summed E-state index contributed by atoms with van der Waals surface area (Å²) in [4.78, 5) is 15.5. The monoisotopic (exact) mass is 301 g/mol. The fraction of sp³-hybridized carbons (Fsp3) is 0.273. The van der Waals surface area contributed by atoms with Gasteiger partial charge in [0, 0.05) is 22.0 Å². The molecule has 1 aromatic rings. The zero-order valence-electron chi connectivity index (χ0n) is 8.90. The van der Waals surface area contributed by atoms with Crippen LogP contribution in [0.1, 0.15) is 6.92 Å². The van der Waals surface area contributed by atoms with Crippen LogP contribution in [0.15, 0.2) is 40.0 Å². The molecule has 0 saturated heterocycles. The third-order valence-corrected chi connectivity index (χ3v) is 3.67. The maximum absolute atomic E-state index is 11.3. The Morgan fingerprint density at radius 2 is 2.44 bits per heavy atom. The highest BCUT2D eigenvalue weighted by Crippen LogP contribution is 2.25. The molecule has 0 aliphatic rings. The van der Waals surface area contributed by atoms with Crippen LogP contribution in [0, 0.1) is 0 Å². The van der Waals surface area contributed by atoms with Gasteiger partial charge in [-0.1, -0.05) is 6.58 Å². The number of ether oxygens (including phenoxy) is 1. The van der Waals surface area contributed by atoms with E-state index in [9.17, 15) is 4.79 Å². The number of rotatable bonds is 5. The van der Waals surface area contributed by atoms with Gasteiger partial charge in [0.15, 0.2) is 0 Å². The number of thioether (sulfide) groups is 1. The van der Waals surface area contributed by atoms with E-state index >= 15 is 0 Å². The number of hydrogen-bond acceptors (Lipinski definition) is 4. The summed E-state index contributed by atoms with van der Waals surface area (Å²) in [5, 5.41) is 0.841. The number of halogens is 1. The van der Waals surface area contributed by atoms with Crippen molar-refractivity contribution < 1.29 is 9.53 Å². The van der Waals surface area contributed by atoms with E-state index < -0.39 is 0 Å². The molecule has 0 aromatic carbocycles. The van der Waals surface area contributed by atoms with Gasteiger partial charge in [0.2, 0.25) is 0 Å². The second kappa shape index (κ2) is 6.70. The number of pyridine rings is 1. The van der Waals surface area contributed by atoms with Crippen molar-refractivity contribution in [1.82, 2.24) is 4.98 Å². The van der Waals surface area contributed by atoms with Crippen molar-refractivity contribution in [3.8, 4) is 0 Å². The first kappa shape index (κ1) is 13.3. The van der Waals surface area contributed by atoms with E-state index in [0.29, 0.717) is 17.9 Å². The Balaban J connectivity index is 2.49. The van der Waals surface area contributed by atoms with E-state index in [-0.39, 0.29) is 5.97 Å². The second-order valence-electron chi connectivity index (χ2n) is 2.90. The predicted octanol–water partition coefficient (Wildman–Crippen LogP) is 3.06. The van der Waals surface area contributed by atoms with Crippen LogP contribution in [-0.2, 0) is 9.53 Å². The molecule has 0 N–H and O–H groups in total. The van der Waals surface area contributed by atoms with E-state index in [2.05, 4.69) is 27.5 Å². The standard InChI is InChI=1S/C11H12BrNO2S/c1-3-15-11(14)8(2)7-16-10-9(12)5-4-6-13-10/h4-6H,2-3,7H2,1H3. The van der Waals surface area contributed by atoms with Crippen LogP contribution in [0.3, 0.4) is 0 Å². The van der Waals surface area contributed by atoms with Gasteiger partial charge in [0.1, 0.15) is 5.03 Å². The first-order chi connectivity index (χ1) is 7.65. The van der Waals surface area contributed by atoms with E-state index in [4.69, 9.17) is 4.74 Å². The summed E-state index contributed by atoms with van der Waals surface area (Å²) in [6.45, 7) is 5.82. The molecule has 0 aliphatic heterocycles. The van der Waals surface area contributed by atoms with Crippen molar-refractivity contribution in [1.29, 1.82) is 0 Å². The highest BCUT2D eigenvalue weighted by molar-refractivity contribution is 9.10. The maximum atomic E-state index is 11.3. The number of carbonyl (C=O) groups excluding carboxylic acids is 1. The molecular weight excluding hydrogens is 290 g/mol. The van der Waals surface area contributed by atoms with Gasteiger partial charge in [-0.2, -0.15) is 0 Å². The number of aromatic nitrogens is 1. The van der Waals surface area contributed by atoms with Crippen molar-refractivity contribution in [2.24, 2.45) is 0 Å². The van der Waals surface area contributed by atoms with Gasteiger partial charge in [0.05, 0.1) is 6.61 Å². The molecule has 0 amide bonds. The number of hydrogen-bond donors (Lipinski definition) is 0. The summed E-state index contributed by atoms with van der Waals surface area (Å²) in [7, 11) is 0. The van der Waals surface area contributed by atoms with Gasteiger partial charge in [-0.05, 0) is 35.0 Å². The van der Waals surface area contributed by atoms with Crippen LogP contribution in [0.25, 0.3) is 0 Å². The average Bonchev–Trinajstić information content (AvgIpc) is 2.28. The van der Waals surface area contributed by atoms with Gasteiger partial charge in [0.25, 0.3) is 0 Å². The first-order valence-corrected chi connectivity index (χ1v) is 6.51. The van der Waals surface area contributed by atoms with Crippen LogP contribution >= 0.6 is 27.7 Å². The quantitative estimate of drug-likeness (QED) is 0.476. The highest BCUT2D eigenvalue weighted by Gasteiger charge is 2.09. The lowest BCUT2D eigenvalue weighted by atomic mass is 10.4. The smallest absolute Gasteiger partial charge is 0.334 e. The fourth-order valence-electron chi connectivity index (χ4n) is 0.925. The zero-order chi connectivity index (χ0) is 12.0. The van der Waals surface area contributed by atoms with E-state index in [1.54, 1.807) is 13.1 Å². The van der Waals surface area contributed by atoms with Crippen LogP contribution in [0.5, 0.6) is 0 Å². The largest absolute Gasteiger partial charge is 0.463 e. The number of carbonyl (C=O) groups is 1. The van der Waals surface area contributed by atoms with Crippen LogP contribution < -0.4 is 0 Å². The lowest BCUT2D eigenvalue weighted by molar-refractivity contribution is -0.138. The summed E-state index contributed by atoms with van der Waals surface area (Å²) in [5.41, 5.74) is 0.449. The molecule has 0 atom stereocenters. The molecule has 16 heavy (non-hydrogen) atoms. The SMILES string of the molecule is C=C(CSc1ncccc1Br)C(=O)OCC. The van der Waals surface area contributed by atoms with Crippen molar-refractivity contribution in [3.05, 3.63) is 35.0 Å². The molecule has 1 aromatic heterocycles. The lowest BCUT2D eigenvalue weighted by Crippen LogP contribution is -2.08. The summed E-state index contributed by atoms with van der Waals surface area (Å²) in [6.07, 6.45) is 1.71. The molecule has 0 bridgehead atoms. The number of nitrogens with zero attached hydrogens (tertiary/aromatic N) is 1. The maximum Gasteiger partial charge on any atom is 0.334 e. The molecule has 0 aliphatic carbocycles. The minimum atomic E-state index is -0.345. The Hall–Kier alpha value is -0.810. The fourth-order valence-corrected chi connectivity index (χ4v) is 2.29. The minimum absolute atomic E-state index is 0.345. The molecule has 5 heteroatoms. The Morgan fingerprint density at radius 1 is 1.69 bits per heavy atom. The van der Waals surface area contributed by atoms with Crippen LogP contribution in [0.2, 0.25) is 0 Å². The molecule has 3 nitrogen and oxygen atoms in total. The molecule has 0 fully saturated rings. The van der Waals surface area contributed by atoms with Gasteiger partial charge in [-0.3, -0.25) is 0 Å². The second-order valence-corrected chi connectivity index (χ2v) is 4.72. The van der Waals surface area contributed by atoms with Crippen molar-refractivity contribution in [2.45, 2.75) is 11.9 Å². The average molecular weight is 302 g/mol. The zero-order valence-corrected chi connectivity index (χ0v) is 11.3. The van der Waals surface area contributed by atoms with Crippen molar-refractivity contribution in [3.63, 3.8) is 0 Å². The molecule has 0 unspecified atom stereocenters. The Bertz CT molecular complexity index is 395. The first-order valence-electron chi connectivity index (χ1n) is 4.73. The molecule has 1 heterocycles. The third kappa shape index (κ3) is 3.98. The molecule has 0 saturated carbocycles. The molecule has 0 spiro atoms. The Labute approximate surface area is 107 Å². The lowest BCUT2D eigenvalue weighted by Gasteiger charge is -2.05. The van der Waals surface area contributed by atoms with Gasteiger partial charge in [-0.15, -0.1) is 11.8 Å². The van der Waals surface area contributed by atoms with Crippen LogP contribution in [0.4, 0.5) is 0 Å². The summed E-state index contributed by atoms with van der Waals surface area (Å²) in [6, 6.07) is 3.75. The van der Waals surface area contributed by atoms with Gasteiger partial charge in [-0.25, -0.2) is 9.78 Å². The number of esters is 1. The summed E-state index contributed by atoms with van der Waals surface area (Å²) in [5.74, 6) is 0.135. The predicted molar refractivity (Wildman–Crippen MR) is 68.4 cm³/mol. The normalized spacial score (nSPS) is 9.88. The van der Waals surface area contributed by atoms with Crippen LogP contribution in [-0.4, -0.2) is 23.3 Å². The summed E-state index contributed by atoms with van der Waals surface area (Å²) >= 11 is 4.84. The highest BCUT2D eigenvalue weighted by atomic mass is 79.9. The third-order valence-electron chi connectivity index (χ3n) is 1.67. The van der Waals surface area contributed by atoms with E-state index in [0.717, 1.165) is 9.50 Å². The van der Waals surface area contributed by atoms with Gasteiger partial charge >= 0.3 is 5.97 Å². The van der Waals surface area contributed by atoms with Crippen molar-refractivity contribution >= 4 is 33.7 Å². The van der Waals surface area contributed by atoms with E-state index in [1.165, 1.54) is 11.8 Å². The van der Waals surface area contributed by atoms with Crippen molar-refractivity contribution in [2.75, 3.05) is 12.4 Å². The molecular formula is C11H12BrNO2S. The summed E-state index contributed by atoms with van der Waals surface area (Å²) < 4.78 is 5.75.